The fourth-order valence-corrected chi connectivity index (χ4v) is 2.35. The maximum absolute atomic E-state index is 12.6. The van der Waals surface area contributed by atoms with Crippen LogP contribution in [-0.2, 0) is 6.54 Å². The number of carbonyl (C=O) groups excluding carboxylic acids is 1. The second-order valence-corrected chi connectivity index (χ2v) is 5.27. The number of nitrogens with two attached hydrogens (primary N) is 1. The van der Waals surface area contributed by atoms with Crippen molar-refractivity contribution in [3.05, 3.63) is 77.6 Å². The molecule has 3 rings (SSSR count). The maximum Gasteiger partial charge on any atom is 0.274 e. The monoisotopic (exact) mass is 306 g/mol. The van der Waals surface area contributed by atoms with Gasteiger partial charge in [-0.1, -0.05) is 30.3 Å². The number of carbonyl (C=O) groups is 1. The first kappa shape index (κ1) is 15.0. The molecule has 0 fully saturated rings. The Kier molecular flexibility index (Phi) is 4.21. The van der Waals surface area contributed by atoms with E-state index >= 15 is 0 Å². The Balaban J connectivity index is 1.87. The number of anilines is 1. The van der Waals surface area contributed by atoms with Gasteiger partial charge in [-0.15, -0.1) is 0 Å². The van der Waals surface area contributed by atoms with E-state index in [1.807, 2.05) is 61.5 Å². The van der Waals surface area contributed by atoms with E-state index in [1.54, 1.807) is 10.7 Å². The molecule has 23 heavy (non-hydrogen) atoms. The zero-order chi connectivity index (χ0) is 16.2. The molecular weight excluding hydrogens is 288 g/mol. The summed E-state index contributed by atoms with van der Waals surface area (Å²) in [6.07, 6.45) is 0. The number of aromatic nitrogens is 2. The Labute approximate surface area is 134 Å². The van der Waals surface area contributed by atoms with Crippen LogP contribution in [0.15, 0.2) is 60.7 Å². The van der Waals surface area contributed by atoms with Gasteiger partial charge in [-0.2, -0.15) is 5.10 Å². The molecule has 2 aromatic carbocycles. The van der Waals surface area contributed by atoms with Crippen molar-refractivity contribution in [3.63, 3.8) is 0 Å². The average Bonchev–Trinajstić information content (AvgIpc) is 2.98. The third-order valence-electron chi connectivity index (χ3n) is 3.51. The van der Waals surface area contributed by atoms with Crippen LogP contribution < -0.4 is 11.1 Å². The van der Waals surface area contributed by atoms with E-state index in [4.69, 9.17) is 5.73 Å². The number of rotatable bonds is 4. The van der Waals surface area contributed by atoms with Crippen molar-refractivity contribution < 1.29 is 4.79 Å². The zero-order valence-electron chi connectivity index (χ0n) is 12.9. The summed E-state index contributed by atoms with van der Waals surface area (Å²) in [5.74, 6) is -0.199. The quantitative estimate of drug-likeness (QED) is 0.778. The Bertz CT molecular complexity index is 807. The first-order valence-electron chi connectivity index (χ1n) is 7.40. The number of para-hydroxylation sites is 1. The molecule has 3 aromatic rings. The zero-order valence-corrected chi connectivity index (χ0v) is 12.9. The topological polar surface area (TPSA) is 72.9 Å². The minimum atomic E-state index is -0.199. The molecule has 1 heterocycles. The molecule has 3 N–H and O–H groups in total. The van der Waals surface area contributed by atoms with E-state index in [2.05, 4.69) is 10.4 Å². The van der Waals surface area contributed by atoms with Gasteiger partial charge in [0.25, 0.3) is 5.91 Å². The smallest absolute Gasteiger partial charge is 0.274 e. The maximum atomic E-state index is 12.6. The van der Waals surface area contributed by atoms with Crippen LogP contribution in [-0.4, -0.2) is 15.7 Å². The fourth-order valence-electron chi connectivity index (χ4n) is 2.35. The van der Waals surface area contributed by atoms with Gasteiger partial charge in [0.1, 0.15) is 5.69 Å². The summed E-state index contributed by atoms with van der Waals surface area (Å²) in [6, 6.07) is 18.9. The summed E-state index contributed by atoms with van der Waals surface area (Å²) >= 11 is 0. The Morgan fingerprint density at radius 3 is 2.48 bits per heavy atom. The minimum Gasteiger partial charge on any atom is -0.326 e. The van der Waals surface area contributed by atoms with Crippen molar-refractivity contribution >= 4 is 11.6 Å². The fraction of sp³-hybridized carbons (Fsp3) is 0.111. The minimum absolute atomic E-state index is 0.199. The highest BCUT2D eigenvalue weighted by atomic mass is 16.2. The summed E-state index contributed by atoms with van der Waals surface area (Å²) in [6.45, 7) is 2.35. The van der Waals surface area contributed by atoms with Gasteiger partial charge in [0.05, 0.1) is 11.4 Å². The number of nitrogens with one attached hydrogen (secondary N) is 1. The summed E-state index contributed by atoms with van der Waals surface area (Å²) in [5, 5.41) is 7.30. The van der Waals surface area contributed by atoms with Crippen molar-refractivity contribution in [2.75, 3.05) is 5.32 Å². The molecular formula is C18H18N4O. The number of amides is 1. The van der Waals surface area contributed by atoms with Gasteiger partial charge in [-0.3, -0.25) is 4.79 Å². The highest BCUT2D eigenvalue weighted by Crippen LogP contribution is 2.15. The number of aryl methyl sites for hydroxylation is 1. The molecule has 0 atom stereocenters. The van der Waals surface area contributed by atoms with Gasteiger partial charge in [-0.25, -0.2) is 4.68 Å². The second kappa shape index (κ2) is 6.46. The van der Waals surface area contributed by atoms with Gasteiger partial charge >= 0.3 is 0 Å². The van der Waals surface area contributed by atoms with Gasteiger partial charge < -0.3 is 11.1 Å². The normalized spacial score (nSPS) is 10.5. The van der Waals surface area contributed by atoms with Crippen LogP contribution in [0.25, 0.3) is 5.69 Å². The van der Waals surface area contributed by atoms with Crippen LogP contribution in [0.4, 0.5) is 5.69 Å². The van der Waals surface area contributed by atoms with Crippen LogP contribution in [0.1, 0.15) is 21.7 Å². The van der Waals surface area contributed by atoms with Gasteiger partial charge in [0.15, 0.2) is 0 Å². The molecule has 1 aromatic heterocycles. The van der Waals surface area contributed by atoms with Gasteiger partial charge in [-0.05, 0) is 42.8 Å². The van der Waals surface area contributed by atoms with Crippen LogP contribution >= 0.6 is 0 Å². The molecule has 0 aliphatic rings. The number of hydrogen-bond donors (Lipinski definition) is 2. The third kappa shape index (κ3) is 3.30. The van der Waals surface area contributed by atoms with Crippen LogP contribution in [0, 0.1) is 6.92 Å². The van der Waals surface area contributed by atoms with Crippen LogP contribution in [0.5, 0.6) is 0 Å². The lowest BCUT2D eigenvalue weighted by atomic mass is 10.2. The van der Waals surface area contributed by atoms with E-state index in [0.29, 0.717) is 12.2 Å². The molecule has 116 valence electrons. The Hall–Kier alpha value is -2.92. The number of nitrogens with zero attached hydrogens (tertiary/aromatic N) is 2. The number of benzene rings is 2. The summed E-state index contributed by atoms with van der Waals surface area (Å²) in [4.78, 5) is 12.6. The highest BCUT2D eigenvalue weighted by Gasteiger charge is 2.15. The SMILES string of the molecule is Cc1cc(C(=O)Nc2ccc(CN)cc2)n(-c2ccccc2)n1. The number of hydrogen-bond acceptors (Lipinski definition) is 3. The van der Waals surface area contributed by atoms with Crippen LogP contribution in [0.2, 0.25) is 0 Å². The molecule has 0 aliphatic carbocycles. The van der Waals surface area contributed by atoms with Gasteiger partial charge in [0, 0.05) is 12.2 Å². The largest absolute Gasteiger partial charge is 0.326 e. The van der Waals surface area contributed by atoms with E-state index < -0.39 is 0 Å². The molecule has 0 saturated carbocycles. The highest BCUT2D eigenvalue weighted by molar-refractivity contribution is 6.03. The molecule has 0 unspecified atom stereocenters. The first-order chi connectivity index (χ1) is 11.2. The molecule has 1 amide bonds. The van der Waals surface area contributed by atoms with Crippen LogP contribution in [0.3, 0.4) is 0 Å². The Morgan fingerprint density at radius 2 is 1.83 bits per heavy atom. The van der Waals surface area contributed by atoms with E-state index in [0.717, 1.165) is 22.6 Å². The molecule has 0 bridgehead atoms. The summed E-state index contributed by atoms with van der Waals surface area (Å²) < 4.78 is 1.65. The van der Waals surface area contributed by atoms with Crippen molar-refractivity contribution in [1.29, 1.82) is 0 Å². The lowest BCUT2D eigenvalue weighted by molar-refractivity contribution is 0.101. The molecule has 0 spiro atoms. The second-order valence-electron chi connectivity index (χ2n) is 5.27. The lowest BCUT2D eigenvalue weighted by Crippen LogP contribution is -2.17. The lowest BCUT2D eigenvalue weighted by Gasteiger charge is -2.08. The predicted octanol–water partition coefficient (Wildman–Crippen LogP) is 2.89. The van der Waals surface area contributed by atoms with E-state index in [1.165, 1.54) is 0 Å². The molecule has 5 heteroatoms. The average molecular weight is 306 g/mol. The first-order valence-corrected chi connectivity index (χ1v) is 7.40. The Morgan fingerprint density at radius 1 is 1.13 bits per heavy atom. The van der Waals surface area contributed by atoms with Gasteiger partial charge in [0.2, 0.25) is 0 Å². The van der Waals surface area contributed by atoms with Crippen molar-refractivity contribution in [2.45, 2.75) is 13.5 Å². The van der Waals surface area contributed by atoms with Crippen molar-refractivity contribution in [2.24, 2.45) is 5.73 Å². The molecule has 5 nitrogen and oxygen atoms in total. The third-order valence-corrected chi connectivity index (χ3v) is 3.51. The predicted molar refractivity (Wildman–Crippen MR) is 90.6 cm³/mol. The molecule has 0 saturated heterocycles. The molecule has 0 aliphatic heterocycles. The van der Waals surface area contributed by atoms with E-state index in [9.17, 15) is 4.79 Å². The standard InChI is InChI=1S/C18H18N4O/c1-13-11-17(22(21-13)16-5-3-2-4-6-16)18(23)20-15-9-7-14(12-19)8-10-15/h2-11H,12,19H2,1H3,(H,20,23). The molecule has 0 radical (unpaired) electrons. The summed E-state index contributed by atoms with van der Waals surface area (Å²) in [7, 11) is 0. The van der Waals surface area contributed by atoms with E-state index in [-0.39, 0.29) is 5.91 Å². The summed E-state index contributed by atoms with van der Waals surface area (Å²) in [5.41, 5.74) is 9.47. The van der Waals surface area contributed by atoms with Crippen molar-refractivity contribution in [1.82, 2.24) is 9.78 Å². The van der Waals surface area contributed by atoms with Crippen molar-refractivity contribution in [3.8, 4) is 5.69 Å².